The average molecular weight is 490 g/mol. The van der Waals surface area contributed by atoms with Crippen molar-refractivity contribution >= 4 is 27.5 Å². The molecule has 0 saturated heterocycles. The van der Waals surface area contributed by atoms with E-state index in [-0.39, 0.29) is 24.8 Å². The number of amides is 2. The van der Waals surface area contributed by atoms with E-state index in [4.69, 9.17) is 4.74 Å². The number of carbonyl (C=O) groups is 2. The molecule has 0 bridgehead atoms. The third-order valence-corrected chi connectivity index (χ3v) is 6.70. The third-order valence-electron chi connectivity index (χ3n) is 5.50. The molecule has 2 aromatic rings. The third kappa shape index (κ3) is 7.76. The van der Waals surface area contributed by atoms with Crippen molar-refractivity contribution in [3.05, 3.63) is 59.7 Å². The second-order valence-electron chi connectivity index (χ2n) is 8.21. The van der Waals surface area contributed by atoms with Gasteiger partial charge in [0.1, 0.15) is 11.8 Å². The zero-order valence-electron chi connectivity index (χ0n) is 20.6. The van der Waals surface area contributed by atoms with E-state index in [0.29, 0.717) is 30.9 Å². The van der Waals surface area contributed by atoms with Crippen molar-refractivity contribution in [2.24, 2.45) is 0 Å². The molecule has 9 heteroatoms. The van der Waals surface area contributed by atoms with Crippen LogP contribution in [0.25, 0.3) is 0 Å². The number of anilines is 1. The lowest BCUT2D eigenvalue weighted by Crippen LogP contribution is -2.47. The van der Waals surface area contributed by atoms with E-state index in [1.165, 1.54) is 4.31 Å². The Balaban J connectivity index is 2.13. The Labute approximate surface area is 202 Å². The molecule has 0 saturated carbocycles. The van der Waals surface area contributed by atoms with Crippen LogP contribution in [0.5, 0.6) is 5.75 Å². The van der Waals surface area contributed by atoms with Crippen LogP contribution in [0.4, 0.5) is 5.69 Å². The molecule has 0 aliphatic carbocycles. The predicted octanol–water partition coefficient (Wildman–Crippen LogP) is 3.10. The summed E-state index contributed by atoms with van der Waals surface area (Å²) in [5.41, 5.74) is 2.53. The van der Waals surface area contributed by atoms with Gasteiger partial charge >= 0.3 is 0 Å². The Hall–Kier alpha value is -3.07. The van der Waals surface area contributed by atoms with Gasteiger partial charge in [-0.25, -0.2) is 8.42 Å². The SMILES string of the molecule is CCNC(=O)[C@H](C)N(Cc1ccc(C)cc1)C(=O)CCCN(c1ccc(OC)cc1)S(C)(=O)=O. The molecule has 0 aliphatic rings. The minimum atomic E-state index is -3.54. The van der Waals surface area contributed by atoms with Gasteiger partial charge in [0.25, 0.3) is 0 Å². The van der Waals surface area contributed by atoms with Crippen LogP contribution in [-0.2, 0) is 26.2 Å². The van der Waals surface area contributed by atoms with E-state index in [1.54, 1.807) is 43.2 Å². The monoisotopic (exact) mass is 489 g/mol. The number of benzene rings is 2. The first kappa shape index (κ1) is 27.2. The van der Waals surface area contributed by atoms with Gasteiger partial charge in [0.05, 0.1) is 19.1 Å². The summed E-state index contributed by atoms with van der Waals surface area (Å²) in [5, 5.41) is 2.77. The van der Waals surface area contributed by atoms with Crippen LogP contribution in [0.1, 0.15) is 37.8 Å². The predicted molar refractivity (Wildman–Crippen MR) is 134 cm³/mol. The minimum Gasteiger partial charge on any atom is -0.497 e. The van der Waals surface area contributed by atoms with E-state index in [2.05, 4.69) is 5.32 Å². The lowest BCUT2D eigenvalue weighted by atomic mass is 10.1. The molecular formula is C25H35N3O5S. The number of rotatable bonds is 12. The van der Waals surface area contributed by atoms with Gasteiger partial charge < -0.3 is 15.0 Å². The molecule has 2 amide bonds. The van der Waals surface area contributed by atoms with E-state index in [1.807, 2.05) is 38.1 Å². The van der Waals surface area contributed by atoms with Gasteiger partial charge in [-0.2, -0.15) is 0 Å². The number of likely N-dealkylation sites (N-methyl/N-ethyl adjacent to an activating group) is 1. The Kier molecular flexibility index (Phi) is 9.92. The van der Waals surface area contributed by atoms with E-state index >= 15 is 0 Å². The highest BCUT2D eigenvalue weighted by Gasteiger charge is 2.26. The van der Waals surface area contributed by atoms with E-state index in [9.17, 15) is 18.0 Å². The lowest BCUT2D eigenvalue weighted by molar-refractivity contribution is -0.140. The number of nitrogens with zero attached hydrogens (tertiary/aromatic N) is 2. The van der Waals surface area contributed by atoms with Gasteiger partial charge in [-0.1, -0.05) is 29.8 Å². The quantitative estimate of drug-likeness (QED) is 0.494. The summed E-state index contributed by atoms with van der Waals surface area (Å²) in [7, 11) is -2.00. The van der Waals surface area contributed by atoms with Crippen LogP contribution in [0, 0.1) is 6.92 Å². The molecule has 1 N–H and O–H groups in total. The second kappa shape index (κ2) is 12.4. The number of methoxy groups -OCH3 is 1. The number of carbonyl (C=O) groups excluding carboxylic acids is 2. The summed E-state index contributed by atoms with van der Waals surface area (Å²) < 4.78 is 31.2. The van der Waals surface area contributed by atoms with Crippen LogP contribution in [0.15, 0.2) is 48.5 Å². The summed E-state index contributed by atoms with van der Waals surface area (Å²) in [4.78, 5) is 27.2. The summed E-state index contributed by atoms with van der Waals surface area (Å²) in [6.07, 6.45) is 1.56. The standard InChI is InChI=1S/C25H35N3O5S/c1-6-26-25(30)20(3)27(18-21-11-9-19(2)10-12-21)24(29)8-7-17-28(34(5,31)32)22-13-15-23(33-4)16-14-22/h9-16,20H,6-8,17-18H2,1-5H3,(H,26,30)/t20-/m0/s1. The largest absolute Gasteiger partial charge is 0.497 e. The number of hydrogen-bond acceptors (Lipinski definition) is 5. The van der Waals surface area contributed by atoms with Gasteiger partial charge in [-0.3, -0.25) is 13.9 Å². The molecule has 0 radical (unpaired) electrons. The van der Waals surface area contributed by atoms with Crippen molar-refractivity contribution in [3.8, 4) is 5.75 Å². The molecule has 0 unspecified atom stereocenters. The molecule has 2 aromatic carbocycles. The fourth-order valence-electron chi connectivity index (χ4n) is 3.55. The van der Waals surface area contributed by atoms with Gasteiger partial charge in [-0.05, 0) is 57.0 Å². The smallest absolute Gasteiger partial charge is 0.242 e. The van der Waals surface area contributed by atoms with Gasteiger partial charge in [-0.15, -0.1) is 0 Å². The van der Waals surface area contributed by atoms with Crippen molar-refractivity contribution in [2.75, 3.05) is 30.8 Å². The maximum absolute atomic E-state index is 13.2. The van der Waals surface area contributed by atoms with Crippen molar-refractivity contribution in [2.45, 2.75) is 46.2 Å². The molecule has 0 fully saturated rings. The molecule has 2 rings (SSSR count). The van der Waals surface area contributed by atoms with Gasteiger partial charge in [0.2, 0.25) is 21.8 Å². The van der Waals surface area contributed by atoms with Crippen LogP contribution in [0.3, 0.4) is 0 Å². The van der Waals surface area contributed by atoms with Crippen LogP contribution < -0.4 is 14.4 Å². The molecule has 186 valence electrons. The summed E-state index contributed by atoms with van der Waals surface area (Å²) in [6, 6.07) is 13.9. The minimum absolute atomic E-state index is 0.109. The highest BCUT2D eigenvalue weighted by atomic mass is 32.2. The van der Waals surface area contributed by atoms with Crippen LogP contribution in [-0.4, -0.2) is 57.6 Å². The molecule has 0 spiro atoms. The van der Waals surface area contributed by atoms with Crippen molar-refractivity contribution in [1.29, 1.82) is 0 Å². The molecule has 0 aliphatic heterocycles. The molecule has 34 heavy (non-hydrogen) atoms. The number of nitrogens with one attached hydrogen (secondary N) is 1. The normalized spacial score (nSPS) is 12.0. The van der Waals surface area contributed by atoms with Crippen molar-refractivity contribution in [3.63, 3.8) is 0 Å². The topological polar surface area (TPSA) is 96.0 Å². The van der Waals surface area contributed by atoms with Crippen molar-refractivity contribution < 1.29 is 22.7 Å². The lowest BCUT2D eigenvalue weighted by Gasteiger charge is -2.29. The van der Waals surface area contributed by atoms with Gasteiger partial charge in [0, 0.05) is 26.1 Å². The average Bonchev–Trinajstić information content (AvgIpc) is 2.80. The van der Waals surface area contributed by atoms with Crippen LogP contribution >= 0.6 is 0 Å². The van der Waals surface area contributed by atoms with Gasteiger partial charge in [0.15, 0.2) is 0 Å². The zero-order valence-corrected chi connectivity index (χ0v) is 21.4. The summed E-state index contributed by atoms with van der Waals surface area (Å²) >= 11 is 0. The number of sulfonamides is 1. The molecular weight excluding hydrogens is 454 g/mol. The Morgan fingerprint density at radius 3 is 2.21 bits per heavy atom. The molecule has 8 nitrogen and oxygen atoms in total. The first-order valence-electron chi connectivity index (χ1n) is 11.3. The maximum atomic E-state index is 13.2. The Morgan fingerprint density at radius 2 is 1.68 bits per heavy atom. The number of aryl methyl sites for hydroxylation is 1. The van der Waals surface area contributed by atoms with Crippen LogP contribution in [0.2, 0.25) is 0 Å². The fraction of sp³-hybridized carbons (Fsp3) is 0.440. The summed E-state index contributed by atoms with van der Waals surface area (Å²) in [6.45, 7) is 6.44. The maximum Gasteiger partial charge on any atom is 0.242 e. The fourth-order valence-corrected chi connectivity index (χ4v) is 4.51. The zero-order chi connectivity index (χ0) is 25.3. The second-order valence-corrected chi connectivity index (χ2v) is 10.1. The molecule has 1 atom stereocenters. The highest BCUT2D eigenvalue weighted by molar-refractivity contribution is 7.92. The Morgan fingerprint density at radius 1 is 1.06 bits per heavy atom. The van der Waals surface area contributed by atoms with E-state index in [0.717, 1.165) is 17.4 Å². The van der Waals surface area contributed by atoms with Crippen molar-refractivity contribution in [1.82, 2.24) is 10.2 Å². The molecule has 0 aromatic heterocycles. The van der Waals surface area contributed by atoms with E-state index < -0.39 is 16.1 Å². The molecule has 0 heterocycles. The first-order chi connectivity index (χ1) is 16.1. The highest BCUT2D eigenvalue weighted by Crippen LogP contribution is 2.22. The number of ether oxygens (including phenoxy) is 1. The summed E-state index contributed by atoms with van der Waals surface area (Å²) in [5.74, 6) is 0.194. The first-order valence-corrected chi connectivity index (χ1v) is 13.2. The Bertz CT molecular complexity index is 1050. The number of hydrogen-bond donors (Lipinski definition) is 1.